The number of pyridine rings is 1. The quantitative estimate of drug-likeness (QED) is 0.699. The number of hydrogen-bond donors (Lipinski definition) is 1. The Morgan fingerprint density at radius 2 is 2.11 bits per heavy atom. The number of rotatable bonds is 3. The molecule has 2 aromatic heterocycles. The molecule has 5 nitrogen and oxygen atoms in total. The summed E-state index contributed by atoms with van der Waals surface area (Å²) in [6.45, 7) is 3.91. The molecule has 0 fully saturated rings. The normalized spacial score (nSPS) is 11.2. The van der Waals surface area contributed by atoms with Gasteiger partial charge in [0.25, 0.3) is 0 Å². The zero-order chi connectivity index (χ0) is 14.0. The summed E-state index contributed by atoms with van der Waals surface area (Å²) < 4.78 is 1.81. The highest BCUT2D eigenvalue weighted by molar-refractivity contribution is 6.35. The monoisotopic (exact) mass is 297 g/mol. The van der Waals surface area contributed by atoms with E-state index >= 15 is 0 Å². The number of aryl methyl sites for hydroxylation is 2. The molecule has 0 amide bonds. The van der Waals surface area contributed by atoms with Crippen LogP contribution < -0.4 is 5.43 Å². The summed E-state index contributed by atoms with van der Waals surface area (Å²) in [5.74, 6) is 0.460. The van der Waals surface area contributed by atoms with Crippen molar-refractivity contribution in [3.05, 3.63) is 39.3 Å². The van der Waals surface area contributed by atoms with E-state index < -0.39 is 0 Å². The summed E-state index contributed by atoms with van der Waals surface area (Å²) in [7, 11) is 1.89. The summed E-state index contributed by atoms with van der Waals surface area (Å²) in [5.41, 5.74) is 5.71. The molecule has 0 aromatic carbocycles. The fraction of sp³-hybridized carbons (Fsp3) is 0.250. The molecule has 19 heavy (non-hydrogen) atoms. The molecule has 7 heteroatoms. The summed E-state index contributed by atoms with van der Waals surface area (Å²) in [6, 6.07) is 1.61. The van der Waals surface area contributed by atoms with Gasteiger partial charge < -0.3 is 0 Å². The van der Waals surface area contributed by atoms with Crippen LogP contribution in [0.1, 0.15) is 17.0 Å². The Morgan fingerprint density at radius 3 is 2.68 bits per heavy atom. The first-order valence-electron chi connectivity index (χ1n) is 5.59. The zero-order valence-electron chi connectivity index (χ0n) is 10.8. The zero-order valence-corrected chi connectivity index (χ0v) is 12.3. The SMILES string of the molecule is Cc1nn(C)c(C)c1/C=N\Nc1ncc(Cl)cc1Cl. The van der Waals surface area contributed by atoms with Gasteiger partial charge in [-0.05, 0) is 19.9 Å². The lowest BCUT2D eigenvalue weighted by Gasteiger charge is -2.02. The Morgan fingerprint density at radius 1 is 1.37 bits per heavy atom. The lowest BCUT2D eigenvalue weighted by molar-refractivity contribution is 0.731. The van der Waals surface area contributed by atoms with Gasteiger partial charge in [-0.15, -0.1) is 0 Å². The molecule has 0 aliphatic carbocycles. The molecule has 1 N–H and O–H groups in total. The van der Waals surface area contributed by atoms with E-state index in [2.05, 4.69) is 20.6 Å². The fourth-order valence-electron chi connectivity index (χ4n) is 1.63. The minimum Gasteiger partial charge on any atom is -0.272 e. The highest BCUT2D eigenvalue weighted by Gasteiger charge is 2.06. The Bertz CT molecular complexity index is 633. The van der Waals surface area contributed by atoms with Crippen molar-refractivity contribution in [3.8, 4) is 0 Å². The number of hydrogen-bond acceptors (Lipinski definition) is 4. The van der Waals surface area contributed by atoms with Gasteiger partial charge in [-0.3, -0.25) is 10.1 Å². The van der Waals surface area contributed by atoms with Crippen LogP contribution in [0.25, 0.3) is 0 Å². The van der Waals surface area contributed by atoms with Gasteiger partial charge in [0, 0.05) is 24.5 Å². The van der Waals surface area contributed by atoms with Crippen molar-refractivity contribution in [1.82, 2.24) is 14.8 Å². The third-order valence-corrected chi connectivity index (χ3v) is 3.23. The van der Waals surface area contributed by atoms with Crippen LogP contribution in [0.4, 0.5) is 5.82 Å². The van der Waals surface area contributed by atoms with Crippen LogP contribution in [0.3, 0.4) is 0 Å². The molecule has 2 rings (SSSR count). The van der Waals surface area contributed by atoms with Gasteiger partial charge in [-0.25, -0.2) is 4.98 Å². The van der Waals surface area contributed by atoms with E-state index in [9.17, 15) is 0 Å². The molecule has 0 saturated carbocycles. The minimum atomic E-state index is 0.421. The number of nitrogens with one attached hydrogen (secondary N) is 1. The maximum atomic E-state index is 5.98. The largest absolute Gasteiger partial charge is 0.272 e. The molecular weight excluding hydrogens is 285 g/mol. The average Bonchev–Trinajstić information content (AvgIpc) is 2.58. The second-order valence-electron chi connectivity index (χ2n) is 4.06. The van der Waals surface area contributed by atoms with Gasteiger partial charge in [0.1, 0.15) is 0 Å². The van der Waals surface area contributed by atoms with E-state index in [-0.39, 0.29) is 0 Å². The van der Waals surface area contributed by atoms with Crippen molar-refractivity contribution in [2.45, 2.75) is 13.8 Å². The summed E-state index contributed by atoms with van der Waals surface area (Å²) >= 11 is 11.7. The van der Waals surface area contributed by atoms with Crippen LogP contribution in [0.5, 0.6) is 0 Å². The Kier molecular flexibility index (Phi) is 4.07. The van der Waals surface area contributed by atoms with Crippen LogP contribution in [-0.2, 0) is 7.05 Å². The first-order chi connectivity index (χ1) is 8.99. The van der Waals surface area contributed by atoms with E-state index in [4.69, 9.17) is 23.2 Å². The summed E-state index contributed by atoms with van der Waals surface area (Å²) in [5, 5.41) is 9.33. The molecule has 0 aliphatic heterocycles. The molecule has 0 saturated heterocycles. The van der Waals surface area contributed by atoms with E-state index in [0.29, 0.717) is 15.9 Å². The van der Waals surface area contributed by atoms with Crippen LogP contribution in [0.15, 0.2) is 17.4 Å². The van der Waals surface area contributed by atoms with Crippen molar-refractivity contribution in [2.24, 2.45) is 12.1 Å². The number of nitrogens with zero attached hydrogens (tertiary/aromatic N) is 4. The van der Waals surface area contributed by atoms with Gasteiger partial charge in [-0.1, -0.05) is 23.2 Å². The third-order valence-electron chi connectivity index (χ3n) is 2.74. The van der Waals surface area contributed by atoms with Crippen LogP contribution in [0, 0.1) is 13.8 Å². The van der Waals surface area contributed by atoms with E-state index in [1.54, 1.807) is 12.3 Å². The fourth-order valence-corrected chi connectivity index (χ4v) is 2.05. The van der Waals surface area contributed by atoms with Gasteiger partial charge >= 0.3 is 0 Å². The molecule has 0 radical (unpaired) electrons. The van der Waals surface area contributed by atoms with Crippen molar-refractivity contribution < 1.29 is 0 Å². The number of anilines is 1. The van der Waals surface area contributed by atoms with Crippen molar-refractivity contribution in [1.29, 1.82) is 0 Å². The first-order valence-corrected chi connectivity index (χ1v) is 6.35. The maximum absolute atomic E-state index is 5.98. The van der Waals surface area contributed by atoms with Gasteiger partial charge in [0.15, 0.2) is 5.82 Å². The van der Waals surface area contributed by atoms with Crippen molar-refractivity contribution >= 4 is 35.2 Å². The average molecular weight is 298 g/mol. The summed E-state index contributed by atoms with van der Waals surface area (Å²) in [4.78, 5) is 4.05. The molecule has 100 valence electrons. The lowest BCUT2D eigenvalue weighted by atomic mass is 10.2. The van der Waals surface area contributed by atoms with Gasteiger partial charge in [-0.2, -0.15) is 10.2 Å². The number of aromatic nitrogens is 3. The van der Waals surface area contributed by atoms with E-state index in [1.165, 1.54) is 6.20 Å². The third kappa shape index (κ3) is 3.05. The van der Waals surface area contributed by atoms with E-state index in [0.717, 1.165) is 17.0 Å². The minimum absolute atomic E-state index is 0.421. The second kappa shape index (κ2) is 5.59. The molecule has 2 aromatic rings. The Balaban J connectivity index is 2.16. The standard InChI is InChI=1S/C12H13Cl2N5/c1-7-10(8(2)19(3)18-7)6-16-17-12-11(14)4-9(13)5-15-12/h4-6H,1-3H3,(H,15,17)/b16-6-. The number of halogens is 2. The van der Waals surface area contributed by atoms with Gasteiger partial charge in [0.2, 0.25) is 0 Å². The Labute approximate surface area is 121 Å². The molecule has 0 spiro atoms. The highest BCUT2D eigenvalue weighted by Crippen LogP contribution is 2.22. The molecule has 0 aliphatic rings. The second-order valence-corrected chi connectivity index (χ2v) is 4.91. The van der Waals surface area contributed by atoms with Crippen LogP contribution >= 0.6 is 23.2 Å². The van der Waals surface area contributed by atoms with Crippen molar-refractivity contribution in [3.63, 3.8) is 0 Å². The maximum Gasteiger partial charge on any atom is 0.165 e. The molecule has 0 atom stereocenters. The predicted octanol–water partition coefficient (Wildman–Crippen LogP) is 3.18. The molecule has 0 bridgehead atoms. The summed E-state index contributed by atoms with van der Waals surface area (Å²) in [6.07, 6.45) is 3.20. The van der Waals surface area contributed by atoms with Gasteiger partial charge in [0.05, 0.1) is 22.0 Å². The molecule has 2 heterocycles. The van der Waals surface area contributed by atoms with Crippen LogP contribution in [-0.4, -0.2) is 21.0 Å². The topological polar surface area (TPSA) is 55.1 Å². The lowest BCUT2D eigenvalue weighted by Crippen LogP contribution is -1.96. The van der Waals surface area contributed by atoms with Crippen molar-refractivity contribution in [2.75, 3.05) is 5.43 Å². The smallest absolute Gasteiger partial charge is 0.165 e. The molecular formula is C12H13Cl2N5. The predicted molar refractivity (Wildman–Crippen MR) is 78.2 cm³/mol. The number of hydrazone groups is 1. The first kappa shape index (κ1) is 13.8. The Hall–Kier alpha value is -1.59. The van der Waals surface area contributed by atoms with E-state index in [1.807, 2.05) is 25.6 Å². The van der Waals surface area contributed by atoms with Crippen LogP contribution in [0.2, 0.25) is 10.0 Å². The molecule has 0 unspecified atom stereocenters. The highest BCUT2D eigenvalue weighted by atomic mass is 35.5.